The van der Waals surface area contributed by atoms with E-state index in [9.17, 15) is 4.79 Å². The van der Waals surface area contributed by atoms with E-state index in [-0.39, 0.29) is 6.09 Å². The fourth-order valence-corrected chi connectivity index (χ4v) is 1.81. The number of nitrogens with zero attached hydrogens (tertiary/aromatic N) is 1. The number of halogens is 1. The van der Waals surface area contributed by atoms with Crippen LogP contribution in [-0.2, 0) is 4.74 Å². The Morgan fingerprint density at radius 3 is 2.77 bits per heavy atom. The Morgan fingerprint density at radius 1 is 1.62 bits per heavy atom. The Balaban J connectivity index is 2.27. The van der Waals surface area contributed by atoms with Gasteiger partial charge in [0.05, 0.1) is 0 Å². The summed E-state index contributed by atoms with van der Waals surface area (Å²) in [7, 11) is 0. The Labute approximate surface area is 92.3 Å². The molecule has 1 rings (SSSR count). The molecule has 4 heteroatoms. The van der Waals surface area contributed by atoms with Crippen LogP contribution < -0.4 is 0 Å². The topological polar surface area (TPSA) is 29.5 Å². The van der Waals surface area contributed by atoms with Gasteiger partial charge in [-0.3, -0.25) is 0 Å². The highest BCUT2D eigenvalue weighted by Gasteiger charge is 2.21. The van der Waals surface area contributed by atoms with Gasteiger partial charge in [0.2, 0.25) is 0 Å². The van der Waals surface area contributed by atoms with Crippen molar-refractivity contribution >= 4 is 28.7 Å². The second kappa shape index (κ2) is 5.47. The number of hydrogen-bond donors (Lipinski definition) is 0. The molecule has 1 amide bonds. The lowest BCUT2D eigenvalue weighted by Gasteiger charge is -2.28. The first-order valence-electron chi connectivity index (χ1n) is 4.40. The van der Waals surface area contributed by atoms with E-state index in [0.29, 0.717) is 10.5 Å². The molecular weight excluding hydrogens is 281 g/mol. The lowest BCUT2D eigenvalue weighted by Crippen LogP contribution is -2.39. The van der Waals surface area contributed by atoms with Crippen LogP contribution >= 0.6 is 22.6 Å². The minimum absolute atomic E-state index is 0.205. The normalized spacial score (nSPS) is 18.4. The van der Waals surface area contributed by atoms with Gasteiger partial charge in [0.25, 0.3) is 0 Å². The second-order valence-corrected chi connectivity index (χ2v) is 4.79. The molecule has 0 unspecified atom stereocenters. The van der Waals surface area contributed by atoms with Gasteiger partial charge in [0, 0.05) is 17.0 Å². The molecule has 1 heterocycles. The van der Waals surface area contributed by atoms with E-state index in [1.165, 1.54) is 0 Å². The fourth-order valence-electron chi connectivity index (χ4n) is 1.25. The van der Waals surface area contributed by atoms with Crippen molar-refractivity contribution < 1.29 is 9.53 Å². The average Bonchev–Trinajstić information content (AvgIpc) is 2.15. The molecule has 0 bridgehead atoms. The van der Waals surface area contributed by atoms with E-state index in [0.717, 1.165) is 25.9 Å². The molecule has 13 heavy (non-hydrogen) atoms. The molecule has 74 valence electrons. The zero-order valence-corrected chi connectivity index (χ0v) is 9.70. The van der Waals surface area contributed by atoms with Gasteiger partial charge in [0.15, 0.2) is 0 Å². The molecule has 0 aromatic heterocycles. The highest BCUT2D eigenvalue weighted by molar-refractivity contribution is 14.1. The Bertz CT molecular complexity index is 188. The highest BCUT2D eigenvalue weighted by atomic mass is 127. The van der Waals surface area contributed by atoms with Gasteiger partial charge in [-0.2, -0.15) is 0 Å². The smallest absolute Gasteiger partial charge is 0.410 e. The zero-order valence-electron chi connectivity index (χ0n) is 7.54. The molecule has 1 saturated heterocycles. The molecule has 0 N–H and O–H groups in total. The molecule has 0 atom stereocenters. The van der Waals surface area contributed by atoms with Crippen molar-refractivity contribution in [3.63, 3.8) is 0 Å². The van der Waals surface area contributed by atoms with Gasteiger partial charge in [0.1, 0.15) is 6.61 Å². The minimum atomic E-state index is -0.205. The van der Waals surface area contributed by atoms with Gasteiger partial charge < -0.3 is 9.64 Å². The maximum Gasteiger partial charge on any atom is 0.410 e. The first kappa shape index (κ1) is 10.8. The fraction of sp³-hybridized carbons (Fsp3) is 0.667. The van der Waals surface area contributed by atoms with Gasteiger partial charge >= 0.3 is 6.09 Å². The summed E-state index contributed by atoms with van der Waals surface area (Å²) in [5.74, 6) is 0. The van der Waals surface area contributed by atoms with Crippen LogP contribution in [0.1, 0.15) is 12.8 Å². The summed E-state index contributed by atoms with van der Waals surface area (Å²) < 4.78 is 5.64. The first-order valence-corrected chi connectivity index (χ1v) is 5.65. The molecular formula is C9H14INO2. The van der Waals surface area contributed by atoms with Crippen molar-refractivity contribution in [1.82, 2.24) is 4.90 Å². The number of carbonyl (C=O) groups excluding carboxylic acids is 1. The van der Waals surface area contributed by atoms with Crippen molar-refractivity contribution in [2.45, 2.75) is 16.8 Å². The van der Waals surface area contributed by atoms with Crippen LogP contribution in [-0.4, -0.2) is 34.6 Å². The lowest BCUT2D eigenvalue weighted by atomic mass is 10.1. The van der Waals surface area contributed by atoms with Crippen LogP contribution in [0.15, 0.2) is 12.7 Å². The Kier molecular flexibility index (Phi) is 4.55. The maximum absolute atomic E-state index is 11.3. The summed E-state index contributed by atoms with van der Waals surface area (Å²) in [4.78, 5) is 13.1. The van der Waals surface area contributed by atoms with Crippen LogP contribution in [0.3, 0.4) is 0 Å². The van der Waals surface area contributed by atoms with Gasteiger partial charge in [-0.25, -0.2) is 4.79 Å². The monoisotopic (exact) mass is 295 g/mol. The second-order valence-electron chi connectivity index (χ2n) is 3.03. The van der Waals surface area contributed by atoms with E-state index in [4.69, 9.17) is 4.74 Å². The molecule has 1 aliphatic rings. The molecule has 0 spiro atoms. The summed E-state index contributed by atoms with van der Waals surface area (Å²) in [6, 6.07) is 0. The molecule has 0 aliphatic carbocycles. The van der Waals surface area contributed by atoms with Crippen molar-refractivity contribution in [3.05, 3.63) is 12.7 Å². The maximum atomic E-state index is 11.3. The van der Waals surface area contributed by atoms with E-state index >= 15 is 0 Å². The number of rotatable bonds is 2. The van der Waals surface area contributed by atoms with Gasteiger partial charge in [-0.15, -0.1) is 0 Å². The Hall–Kier alpha value is -0.260. The van der Waals surface area contributed by atoms with Crippen molar-refractivity contribution in [1.29, 1.82) is 0 Å². The third-order valence-corrected chi connectivity index (χ3v) is 3.25. The van der Waals surface area contributed by atoms with Crippen LogP contribution in [0, 0.1) is 0 Å². The molecule has 0 aromatic rings. The number of hydrogen-bond acceptors (Lipinski definition) is 2. The SMILES string of the molecule is C=CCOC(=O)N1CCC(I)CC1. The first-order chi connectivity index (χ1) is 6.24. The number of piperidine rings is 1. The predicted molar refractivity (Wildman–Crippen MR) is 60.2 cm³/mol. The quantitative estimate of drug-likeness (QED) is 0.444. The largest absolute Gasteiger partial charge is 0.445 e. The predicted octanol–water partition coefficient (Wildman–Crippen LogP) is 2.21. The number of likely N-dealkylation sites (tertiary alicyclic amines) is 1. The number of alkyl halides is 1. The third kappa shape index (κ3) is 3.54. The van der Waals surface area contributed by atoms with E-state index < -0.39 is 0 Å². The zero-order chi connectivity index (χ0) is 9.68. The highest BCUT2D eigenvalue weighted by Crippen LogP contribution is 2.18. The summed E-state index contributed by atoms with van der Waals surface area (Å²) >= 11 is 2.42. The summed E-state index contributed by atoms with van der Waals surface area (Å²) in [6.45, 7) is 5.45. The standard InChI is InChI=1S/C9H14INO2/c1-2-7-13-9(12)11-5-3-8(10)4-6-11/h2,8H,1,3-7H2. The van der Waals surface area contributed by atoms with Crippen LogP contribution in [0.2, 0.25) is 0 Å². The number of ether oxygens (including phenoxy) is 1. The molecule has 0 saturated carbocycles. The summed E-state index contributed by atoms with van der Waals surface area (Å²) in [6.07, 6.45) is 3.53. The Morgan fingerprint density at radius 2 is 2.23 bits per heavy atom. The van der Waals surface area contributed by atoms with E-state index in [1.54, 1.807) is 11.0 Å². The van der Waals surface area contributed by atoms with Crippen molar-refractivity contribution in [2.75, 3.05) is 19.7 Å². The average molecular weight is 295 g/mol. The van der Waals surface area contributed by atoms with Crippen LogP contribution in [0.5, 0.6) is 0 Å². The van der Waals surface area contributed by atoms with Crippen molar-refractivity contribution in [3.8, 4) is 0 Å². The molecule has 1 fully saturated rings. The number of carbonyl (C=O) groups is 1. The van der Waals surface area contributed by atoms with Crippen LogP contribution in [0.25, 0.3) is 0 Å². The number of amides is 1. The van der Waals surface area contributed by atoms with Gasteiger partial charge in [-0.1, -0.05) is 35.2 Å². The van der Waals surface area contributed by atoms with E-state index in [2.05, 4.69) is 29.2 Å². The molecule has 3 nitrogen and oxygen atoms in total. The molecule has 1 aliphatic heterocycles. The van der Waals surface area contributed by atoms with Crippen molar-refractivity contribution in [2.24, 2.45) is 0 Å². The lowest BCUT2D eigenvalue weighted by molar-refractivity contribution is 0.106. The molecule has 0 aromatic carbocycles. The van der Waals surface area contributed by atoms with E-state index in [1.807, 2.05) is 0 Å². The summed E-state index contributed by atoms with van der Waals surface area (Å²) in [5.41, 5.74) is 0. The minimum Gasteiger partial charge on any atom is -0.445 e. The van der Waals surface area contributed by atoms with Gasteiger partial charge in [-0.05, 0) is 12.8 Å². The third-order valence-electron chi connectivity index (χ3n) is 2.01. The summed E-state index contributed by atoms with van der Waals surface area (Å²) in [5, 5.41) is 0. The molecule has 0 radical (unpaired) electrons. The van der Waals surface area contributed by atoms with Crippen LogP contribution in [0.4, 0.5) is 4.79 Å².